The minimum absolute atomic E-state index is 0.0205. The molecular formula is C16H21ClFN3. The first-order valence-electron chi connectivity index (χ1n) is 7.34. The predicted molar refractivity (Wildman–Crippen MR) is 84.0 cm³/mol. The Morgan fingerprint density at radius 2 is 2.19 bits per heavy atom. The summed E-state index contributed by atoms with van der Waals surface area (Å²) in [7, 11) is 0. The zero-order chi connectivity index (χ0) is 15.2. The van der Waals surface area contributed by atoms with E-state index in [9.17, 15) is 4.39 Å². The van der Waals surface area contributed by atoms with Gasteiger partial charge in [-0.2, -0.15) is 0 Å². The first-order chi connectivity index (χ1) is 10.2. The number of imidazole rings is 1. The average molecular weight is 310 g/mol. The van der Waals surface area contributed by atoms with Crippen molar-refractivity contribution in [2.75, 3.05) is 6.54 Å². The summed E-state index contributed by atoms with van der Waals surface area (Å²) in [6, 6.07) is 5.11. The van der Waals surface area contributed by atoms with Crippen LogP contribution in [0.3, 0.4) is 0 Å². The number of aryl methyl sites for hydroxylation is 1. The highest BCUT2D eigenvalue weighted by Crippen LogP contribution is 2.23. The van der Waals surface area contributed by atoms with E-state index in [0.717, 1.165) is 25.3 Å². The molecule has 1 N–H and O–H groups in total. The lowest BCUT2D eigenvalue weighted by molar-refractivity contribution is 0.473. The van der Waals surface area contributed by atoms with Gasteiger partial charge >= 0.3 is 0 Å². The quantitative estimate of drug-likeness (QED) is 0.838. The van der Waals surface area contributed by atoms with E-state index in [1.54, 1.807) is 24.4 Å². The summed E-state index contributed by atoms with van der Waals surface area (Å²) in [6.07, 6.45) is 5.28. The fraction of sp³-hybridized carbons (Fsp3) is 0.438. The molecule has 1 atom stereocenters. The summed E-state index contributed by atoms with van der Waals surface area (Å²) in [5.74, 6) is 0.599. The number of hydrogen-bond donors (Lipinski definition) is 1. The van der Waals surface area contributed by atoms with Crippen LogP contribution < -0.4 is 5.32 Å². The molecule has 0 aliphatic heterocycles. The van der Waals surface area contributed by atoms with E-state index in [0.29, 0.717) is 12.0 Å². The second-order valence-electron chi connectivity index (χ2n) is 5.00. The van der Waals surface area contributed by atoms with Gasteiger partial charge in [-0.05, 0) is 37.9 Å². The van der Waals surface area contributed by atoms with Gasteiger partial charge in [0, 0.05) is 18.9 Å². The normalized spacial score (nSPS) is 12.6. The molecule has 0 saturated carbocycles. The fourth-order valence-corrected chi connectivity index (χ4v) is 2.59. The number of halogens is 2. The van der Waals surface area contributed by atoms with Crippen molar-refractivity contribution < 1.29 is 4.39 Å². The third-order valence-electron chi connectivity index (χ3n) is 3.50. The highest BCUT2D eigenvalue weighted by Gasteiger charge is 2.19. The molecule has 0 amide bonds. The van der Waals surface area contributed by atoms with Gasteiger partial charge in [0.25, 0.3) is 0 Å². The van der Waals surface area contributed by atoms with Crippen molar-refractivity contribution in [3.8, 4) is 0 Å². The third kappa shape index (κ3) is 3.83. The number of rotatable bonds is 7. The second-order valence-corrected chi connectivity index (χ2v) is 5.40. The molecule has 1 aromatic carbocycles. The van der Waals surface area contributed by atoms with Crippen LogP contribution in [0.2, 0.25) is 5.02 Å². The van der Waals surface area contributed by atoms with Crippen molar-refractivity contribution in [2.45, 2.75) is 39.3 Å². The van der Waals surface area contributed by atoms with Crippen molar-refractivity contribution in [1.82, 2.24) is 14.9 Å². The Morgan fingerprint density at radius 1 is 1.38 bits per heavy atom. The topological polar surface area (TPSA) is 29.9 Å². The van der Waals surface area contributed by atoms with Crippen LogP contribution in [0.1, 0.15) is 37.7 Å². The molecule has 1 unspecified atom stereocenters. The molecule has 0 aliphatic rings. The smallest absolute Gasteiger partial charge is 0.145 e. The van der Waals surface area contributed by atoms with Gasteiger partial charge in [0.05, 0.1) is 11.1 Å². The van der Waals surface area contributed by atoms with Crippen molar-refractivity contribution in [1.29, 1.82) is 0 Å². The van der Waals surface area contributed by atoms with Crippen LogP contribution in [0.5, 0.6) is 0 Å². The maximum Gasteiger partial charge on any atom is 0.145 e. The van der Waals surface area contributed by atoms with Crippen LogP contribution in [0.4, 0.5) is 4.39 Å². The van der Waals surface area contributed by atoms with Crippen molar-refractivity contribution >= 4 is 11.6 Å². The van der Waals surface area contributed by atoms with Gasteiger partial charge in [-0.25, -0.2) is 9.37 Å². The Hall–Kier alpha value is -1.39. The summed E-state index contributed by atoms with van der Waals surface area (Å²) < 4.78 is 16.2. The molecule has 2 aromatic rings. The van der Waals surface area contributed by atoms with Gasteiger partial charge in [-0.15, -0.1) is 0 Å². The van der Waals surface area contributed by atoms with Crippen molar-refractivity contribution in [3.05, 3.63) is 52.8 Å². The molecular weight excluding hydrogens is 289 g/mol. The van der Waals surface area contributed by atoms with Crippen molar-refractivity contribution in [2.24, 2.45) is 0 Å². The van der Waals surface area contributed by atoms with Crippen LogP contribution in [0.25, 0.3) is 0 Å². The molecule has 0 fully saturated rings. The van der Waals surface area contributed by atoms with E-state index in [1.165, 1.54) is 0 Å². The molecule has 1 aromatic heterocycles. The minimum Gasteiger partial charge on any atom is -0.334 e. The number of aromatic nitrogens is 2. The maximum absolute atomic E-state index is 14.1. The molecule has 1 heterocycles. The number of nitrogens with one attached hydrogen (secondary N) is 1. The van der Waals surface area contributed by atoms with Crippen molar-refractivity contribution in [3.63, 3.8) is 0 Å². The summed E-state index contributed by atoms with van der Waals surface area (Å²) in [5, 5.41) is 3.62. The average Bonchev–Trinajstić information content (AvgIpc) is 2.96. The highest BCUT2D eigenvalue weighted by molar-refractivity contribution is 6.30. The molecule has 0 saturated heterocycles. The molecule has 0 radical (unpaired) electrons. The first kappa shape index (κ1) is 16.0. The molecule has 0 aliphatic carbocycles. The van der Waals surface area contributed by atoms with E-state index < -0.39 is 0 Å². The van der Waals surface area contributed by atoms with Gasteiger partial charge in [-0.1, -0.05) is 30.7 Å². The van der Waals surface area contributed by atoms with Crippen LogP contribution in [0, 0.1) is 5.82 Å². The number of hydrogen-bond acceptors (Lipinski definition) is 2. The van der Waals surface area contributed by atoms with E-state index in [4.69, 9.17) is 11.6 Å². The Labute approximate surface area is 130 Å². The molecule has 0 bridgehead atoms. The standard InChI is InChI=1S/C16H21ClFN3/c1-3-8-19-14(16-20-9-10-21(16)4-2)11-12-6-5-7-13(17)15(12)18/h5-7,9-10,14,19H,3-4,8,11H2,1-2H3. The van der Waals surface area contributed by atoms with Crippen LogP contribution >= 0.6 is 11.6 Å². The summed E-state index contributed by atoms with van der Waals surface area (Å²) in [4.78, 5) is 4.43. The van der Waals surface area contributed by atoms with E-state index >= 15 is 0 Å². The Kier molecular flexibility index (Phi) is 5.76. The summed E-state index contributed by atoms with van der Waals surface area (Å²) >= 11 is 5.87. The Morgan fingerprint density at radius 3 is 2.90 bits per heavy atom. The highest BCUT2D eigenvalue weighted by atomic mass is 35.5. The number of benzene rings is 1. The van der Waals surface area contributed by atoms with E-state index in [2.05, 4.69) is 28.7 Å². The van der Waals surface area contributed by atoms with Crippen LogP contribution in [0.15, 0.2) is 30.6 Å². The van der Waals surface area contributed by atoms with Gasteiger partial charge in [0.1, 0.15) is 11.6 Å². The Balaban J connectivity index is 2.26. The zero-order valence-electron chi connectivity index (χ0n) is 12.4. The SMILES string of the molecule is CCCNC(Cc1cccc(Cl)c1F)c1nccn1CC. The van der Waals surface area contributed by atoms with Gasteiger partial charge < -0.3 is 9.88 Å². The van der Waals surface area contributed by atoms with Gasteiger partial charge in [0.2, 0.25) is 0 Å². The molecule has 114 valence electrons. The fourth-order valence-electron chi connectivity index (χ4n) is 2.40. The largest absolute Gasteiger partial charge is 0.334 e. The second kappa shape index (κ2) is 7.57. The summed E-state index contributed by atoms with van der Waals surface area (Å²) in [6.45, 7) is 5.89. The van der Waals surface area contributed by atoms with Crippen LogP contribution in [-0.2, 0) is 13.0 Å². The predicted octanol–water partition coefficient (Wildman–Crippen LogP) is 3.98. The molecule has 3 nitrogen and oxygen atoms in total. The number of nitrogens with zero attached hydrogens (tertiary/aromatic N) is 2. The lowest BCUT2D eigenvalue weighted by Gasteiger charge is -2.20. The molecule has 0 spiro atoms. The summed E-state index contributed by atoms with van der Waals surface area (Å²) in [5.41, 5.74) is 0.613. The zero-order valence-corrected chi connectivity index (χ0v) is 13.2. The van der Waals surface area contributed by atoms with E-state index in [1.807, 2.05) is 6.20 Å². The molecule has 21 heavy (non-hydrogen) atoms. The van der Waals surface area contributed by atoms with Gasteiger partial charge in [0.15, 0.2) is 0 Å². The first-order valence-corrected chi connectivity index (χ1v) is 7.72. The maximum atomic E-state index is 14.1. The minimum atomic E-state index is -0.336. The lowest BCUT2D eigenvalue weighted by Crippen LogP contribution is -2.27. The van der Waals surface area contributed by atoms with Gasteiger partial charge in [-0.3, -0.25) is 0 Å². The third-order valence-corrected chi connectivity index (χ3v) is 3.79. The van der Waals surface area contributed by atoms with E-state index in [-0.39, 0.29) is 16.9 Å². The monoisotopic (exact) mass is 309 g/mol. The Bertz CT molecular complexity index is 583. The molecule has 2 rings (SSSR count). The van der Waals surface area contributed by atoms with Crippen LogP contribution in [-0.4, -0.2) is 16.1 Å². The lowest BCUT2D eigenvalue weighted by atomic mass is 10.0. The molecule has 5 heteroatoms.